The van der Waals surface area contributed by atoms with Crippen LogP contribution in [0.25, 0.3) is 0 Å². The molecule has 1 aliphatic carbocycles. The number of carboxylic acid groups (broad SMARTS) is 1. The number of phenolic OH excluding ortho intramolecular Hbond substituents is 1. The summed E-state index contributed by atoms with van der Waals surface area (Å²) in [6.45, 7) is 1.33. The first-order valence-corrected chi connectivity index (χ1v) is 8.96. The van der Waals surface area contributed by atoms with Crippen molar-refractivity contribution in [2.45, 2.75) is 50.0 Å². The van der Waals surface area contributed by atoms with Crippen LogP contribution in [0.1, 0.15) is 31.2 Å². The molecule has 26 heavy (non-hydrogen) atoms. The largest absolute Gasteiger partial charge is 0.504 e. The molecule has 1 aromatic rings. The highest BCUT2D eigenvalue weighted by Gasteiger charge is 2.51. The summed E-state index contributed by atoms with van der Waals surface area (Å²) >= 11 is 0. The molecule has 3 rings (SSSR count). The number of hydrogen-bond donors (Lipinski definition) is 2. The SMILES string of the molecule is COc1ccc(CN2CCC3(OC)CCC(OCC(=O)O)CC23)cc1O. The lowest BCUT2D eigenvalue weighted by molar-refractivity contribution is -0.148. The zero-order valence-electron chi connectivity index (χ0n) is 15.3. The highest BCUT2D eigenvalue weighted by Crippen LogP contribution is 2.44. The van der Waals surface area contributed by atoms with E-state index in [1.807, 2.05) is 6.07 Å². The van der Waals surface area contributed by atoms with Gasteiger partial charge in [-0.15, -0.1) is 0 Å². The Hall–Kier alpha value is -1.83. The third kappa shape index (κ3) is 3.79. The minimum Gasteiger partial charge on any atom is -0.504 e. The summed E-state index contributed by atoms with van der Waals surface area (Å²) in [4.78, 5) is 13.1. The maximum Gasteiger partial charge on any atom is 0.329 e. The van der Waals surface area contributed by atoms with Crippen LogP contribution < -0.4 is 4.74 Å². The Morgan fingerprint density at radius 2 is 2.15 bits per heavy atom. The van der Waals surface area contributed by atoms with E-state index in [0.29, 0.717) is 12.3 Å². The Balaban J connectivity index is 1.71. The third-order valence-corrected chi connectivity index (χ3v) is 5.72. The smallest absolute Gasteiger partial charge is 0.329 e. The summed E-state index contributed by atoms with van der Waals surface area (Å²) in [6, 6.07) is 5.62. The van der Waals surface area contributed by atoms with Crippen LogP contribution in [0.5, 0.6) is 11.5 Å². The van der Waals surface area contributed by atoms with Gasteiger partial charge in [0.1, 0.15) is 6.61 Å². The fourth-order valence-electron chi connectivity index (χ4n) is 4.35. The molecule has 0 spiro atoms. The molecule has 0 aromatic heterocycles. The number of aromatic hydroxyl groups is 1. The lowest BCUT2D eigenvalue weighted by Crippen LogP contribution is -2.51. The molecular weight excluding hydrogens is 338 g/mol. The van der Waals surface area contributed by atoms with Gasteiger partial charge in [0.05, 0.1) is 18.8 Å². The molecule has 0 bridgehead atoms. The van der Waals surface area contributed by atoms with E-state index in [2.05, 4.69) is 4.90 Å². The van der Waals surface area contributed by atoms with E-state index in [9.17, 15) is 9.90 Å². The van der Waals surface area contributed by atoms with Crippen molar-refractivity contribution in [1.82, 2.24) is 4.90 Å². The first-order chi connectivity index (χ1) is 12.5. The van der Waals surface area contributed by atoms with E-state index in [-0.39, 0.29) is 30.1 Å². The molecule has 1 aromatic carbocycles. The van der Waals surface area contributed by atoms with Crippen molar-refractivity contribution in [1.29, 1.82) is 0 Å². The van der Waals surface area contributed by atoms with Crippen LogP contribution in [0.4, 0.5) is 0 Å². The van der Waals surface area contributed by atoms with Crippen molar-refractivity contribution < 1.29 is 29.2 Å². The molecule has 3 atom stereocenters. The van der Waals surface area contributed by atoms with E-state index in [1.54, 1.807) is 19.2 Å². The number of rotatable bonds is 7. The van der Waals surface area contributed by atoms with Gasteiger partial charge in [-0.25, -0.2) is 4.79 Å². The standard InChI is InChI=1S/C19H27NO6/c1-24-16-4-3-13(9-15(16)21)11-20-8-7-19(25-2)6-5-14(10-17(19)20)26-12-18(22)23/h3-4,9,14,17,21H,5-8,10-12H2,1-2H3,(H,22,23). The molecule has 2 fully saturated rings. The fraction of sp³-hybridized carbons (Fsp3) is 0.632. The summed E-state index contributed by atoms with van der Waals surface area (Å²) in [7, 11) is 3.29. The Kier molecular flexibility index (Phi) is 5.70. The number of hydrogen-bond acceptors (Lipinski definition) is 6. The lowest BCUT2D eigenvalue weighted by atomic mass is 9.79. The van der Waals surface area contributed by atoms with Crippen LogP contribution >= 0.6 is 0 Å². The maximum absolute atomic E-state index is 10.8. The second kappa shape index (κ2) is 7.82. The quantitative estimate of drug-likeness (QED) is 0.764. The molecule has 7 nitrogen and oxygen atoms in total. The summed E-state index contributed by atoms with van der Waals surface area (Å²) < 4.78 is 16.6. The van der Waals surface area contributed by atoms with E-state index in [4.69, 9.17) is 19.3 Å². The van der Waals surface area contributed by atoms with Crippen molar-refractivity contribution in [2.75, 3.05) is 27.4 Å². The highest BCUT2D eigenvalue weighted by atomic mass is 16.5. The van der Waals surface area contributed by atoms with Crippen molar-refractivity contribution in [3.8, 4) is 11.5 Å². The predicted octanol–water partition coefficient (Wildman–Crippen LogP) is 2.01. The number of fused-ring (bicyclic) bond motifs is 1. The van der Waals surface area contributed by atoms with Gasteiger partial charge in [-0.1, -0.05) is 6.07 Å². The van der Waals surface area contributed by atoms with Gasteiger partial charge in [0, 0.05) is 26.2 Å². The molecule has 2 N–H and O–H groups in total. The molecular formula is C19H27NO6. The molecule has 1 heterocycles. The van der Waals surface area contributed by atoms with Gasteiger partial charge >= 0.3 is 5.97 Å². The number of ether oxygens (including phenoxy) is 3. The average Bonchev–Trinajstić information content (AvgIpc) is 2.98. The summed E-state index contributed by atoms with van der Waals surface area (Å²) in [5.74, 6) is -0.347. The summed E-state index contributed by atoms with van der Waals surface area (Å²) in [6.07, 6.45) is 3.31. The van der Waals surface area contributed by atoms with Crippen LogP contribution in [-0.2, 0) is 20.8 Å². The van der Waals surface area contributed by atoms with Gasteiger partial charge in [-0.05, 0) is 43.4 Å². The zero-order chi connectivity index (χ0) is 18.7. The summed E-state index contributed by atoms with van der Waals surface area (Å²) in [5.41, 5.74) is 0.807. The normalized spacial score (nSPS) is 28.7. The molecule has 144 valence electrons. The zero-order valence-corrected chi connectivity index (χ0v) is 15.3. The van der Waals surface area contributed by atoms with Crippen molar-refractivity contribution in [2.24, 2.45) is 0 Å². The molecule has 2 aliphatic rings. The van der Waals surface area contributed by atoms with Crippen molar-refractivity contribution in [3.05, 3.63) is 23.8 Å². The van der Waals surface area contributed by atoms with Gasteiger partial charge in [-0.2, -0.15) is 0 Å². The van der Waals surface area contributed by atoms with Gasteiger partial charge in [0.2, 0.25) is 0 Å². The number of benzene rings is 1. The first-order valence-electron chi connectivity index (χ1n) is 8.96. The second-order valence-corrected chi connectivity index (χ2v) is 7.11. The number of methoxy groups -OCH3 is 2. The Labute approximate surface area is 153 Å². The third-order valence-electron chi connectivity index (χ3n) is 5.72. The van der Waals surface area contributed by atoms with Crippen LogP contribution in [0.15, 0.2) is 18.2 Å². The lowest BCUT2D eigenvalue weighted by Gasteiger charge is -2.43. The number of nitrogens with zero attached hydrogens (tertiary/aromatic N) is 1. The fourth-order valence-corrected chi connectivity index (χ4v) is 4.35. The van der Waals surface area contributed by atoms with Crippen molar-refractivity contribution >= 4 is 5.97 Å². The summed E-state index contributed by atoms with van der Waals surface area (Å²) in [5, 5.41) is 18.9. The van der Waals surface area contributed by atoms with Crippen LogP contribution in [0, 0.1) is 0 Å². The maximum atomic E-state index is 10.8. The van der Waals surface area contributed by atoms with E-state index in [0.717, 1.165) is 37.8 Å². The van der Waals surface area contributed by atoms with E-state index in [1.165, 1.54) is 7.11 Å². The molecule has 0 radical (unpaired) electrons. The number of aliphatic carboxylic acids is 1. The molecule has 3 unspecified atom stereocenters. The monoisotopic (exact) mass is 365 g/mol. The molecule has 1 saturated carbocycles. The average molecular weight is 365 g/mol. The molecule has 7 heteroatoms. The minimum absolute atomic E-state index is 0.0655. The Morgan fingerprint density at radius 1 is 1.35 bits per heavy atom. The van der Waals surface area contributed by atoms with Gasteiger partial charge in [0.15, 0.2) is 11.5 Å². The van der Waals surface area contributed by atoms with Gasteiger partial charge in [-0.3, -0.25) is 4.90 Å². The highest BCUT2D eigenvalue weighted by molar-refractivity contribution is 5.68. The second-order valence-electron chi connectivity index (χ2n) is 7.11. The number of carbonyl (C=O) groups is 1. The first kappa shape index (κ1) is 18.9. The van der Waals surface area contributed by atoms with E-state index >= 15 is 0 Å². The van der Waals surface area contributed by atoms with Gasteiger partial charge < -0.3 is 24.4 Å². The topological polar surface area (TPSA) is 88.5 Å². The minimum atomic E-state index is -0.939. The van der Waals surface area contributed by atoms with Crippen molar-refractivity contribution in [3.63, 3.8) is 0 Å². The number of carboxylic acids is 1. The molecule has 1 saturated heterocycles. The Bertz CT molecular complexity index is 651. The molecule has 0 amide bonds. The van der Waals surface area contributed by atoms with Gasteiger partial charge in [0.25, 0.3) is 0 Å². The Morgan fingerprint density at radius 3 is 2.81 bits per heavy atom. The number of likely N-dealkylation sites (tertiary alicyclic amines) is 1. The number of phenols is 1. The predicted molar refractivity (Wildman–Crippen MR) is 94.4 cm³/mol. The van der Waals surface area contributed by atoms with Crippen LogP contribution in [0.3, 0.4) is 0 Å². The molecule has 1 aliphatic heterocycles. The van der Waals surface area contributed by atoms with Crippen LogP contribution in [0.2, 0.25) is 0 Å². The van der Waals surface area contributed by atoms with E-state index < -0.39 is 5.97 Å². The van der Waals surface area contributed by atoms with Crippen LogP contribution in [-0.4, -0.2) is 66.2 Å².